The van der Waals surface area contributed by atoms with Crippen molar-refractivity contribution in [3.8, 4) is 0 Å². The van der Waals surface area contributed by atoms with Gasteiger partial charge in [-0.3, -0.25) is 14.9 Å². The first-order valence-electron chi connectivity index (χ1n) is 10.8. The van der Waals surface area contributed by atoms with Gasteiger partial charge in [-0.2, -0.15) is 0 Å². The molecule has 1 aliphatic heterocycles. The number of nitro benzene ring substituents is 1. The highest BCUT2D eigenvalue weighted by Crippen LogP contribution is 2.58. The number of rotatable bonds is 4. The summed E-state index contributed by atoms with van der Waals surface area (Å²) in [7, 11) is 1.43. The van der Waals surface area contributed by atoms with E-state index in [1.165, 1.54) is 69.5 Å². The summed E-state index contributed by atoms with van der Waals surface area (Å²) < 4.78 is 5.01. The number of amidine groups is 1. The maximum atomic E-state index is 12.2. The molecule has 8 heteroatoms. The molecule has 1 unspecified atom stereocenters. The number of esters is 1. The molecule has 160 valence electrons. The van der Waals surface area contributed by atoms with Crippen LogP contribution in [0.4, 0.5) is 11.4 Å². The van der Waals surface area contributed by atoms with Crippen LogP contribution in [-0.4, -0.2) is 45.4 Å². The van der Waals surface area contributed by atoms with Crippen LogP contribution in [0.5, 0.6) is 0 Å². The minimum Gasteiger partial charge on any atom is -0.468 e. The number of hydrogen-bond donors (Lipinski definition) is 0. The van der Waals surface area contributed by atoms with Gasteiger partial charge in [-0.05, 0) is 74.8 Å². The van der Waals surface area contributed by atoms with Gasteiger partial charge in [0, 0.05) is 24.2 Å². The predicted molar refractivity (Wildman–Crippen MR) is 116 cm³/mol. The maximum Gasteiger partial charge on any atom is 0.319 e. The molecular formula is C22H27N3O4S. The van der Waals surface area contributed by atoms with E-state index in [-0.39, 0.29) is 22.4 Å². The Balaban J connectivity index is 1.47. The van der Waals surface area contributed by atoms with Gasteiger partial charge in [0.2, 0.25) is 0 Å². The van der Waals surface area contributed by atoms with E-state index in [1.807, 2.05) is 0 Å². The van der Waals surface area contributed by atoms with Crippen molar-refractivity contribution in [1.29, 1.82) is 0 Å². The monoisotopic (exact) mass is 429 g/mol. The van der Waals surface area contributed by atoms with Crippen molar-refractivity contribution < 1.29 is 14.5 Å². The van der Waals surface area contributed by atoms with Crippen LogP contribution in [0.25, 0.3) is 0 Å². The molecule has 1 heterocycles. The van der Waals surface area contributed by atoms with Gasteiger partial charge in [0.25, 0.3) is 5.69 Å². The maximum absolute atomic E-state index is 12.2. The van der Waals surface area contributed by atoms with Gasteiger partial charge in [-0.1, -0.05) is 11.8 Å². The minimum atomic E-state index is -0.401. The molecule has 4 saturated carbocycles. The number of hydrogen-bond acceptors (Lipinski definition) is 6. The fourth-order valence-corrected chi connectivity index (χ4v) is 7.81. The van der Waals surface area contributed by atoms with Crippen molar-refractivity contribution >= 4 is 34.3 Å². The molecule has 4 aliphatic carbocycles. The Morgan fingerprint density at radius 2 is 1.77 bits per heavy atom. The van der Waals surface area contributed by atoms with Crippen LogP contribution in [0, 0.1) is 27.9 Å². The quantitative estimate of drug-likeness (QED) is 0.397. The SMILES string of the molecule is COC(=O)C1CCN(C23CC4CC(CC(C4)C2)C3)C(=Nc2ccc([N+](=O)[O-])cc2)S1. The topological polar surface area (TPSA) is 85.0 Å². The Labute approximate surface area is 180 Å². The van der Waals surface area contributed by atoms with Gasteiger partial charge < -0.3 is 9.64 Å². The number of carbonyl (C=O) groups is 1. The summed E-state index contributed by atoms with van der Waals surface area (Å²) in [5.74, 6) is 2.25. The normalized spacial score (nSPS) is 36.2. The summed E-state index contributed by atoms with van der Waals surface area (Å²) in [4.78, 5) is 30.2. The lowest BCUT2D eigenvalue weighted by Crippen LogP contribution is -2.62. The number of non-ortho nitro benzene ring substituents is 1. The second kappa shape index (κ2) is 7.55. The third-order valence-electron chi connectivity index (χ3n) is 7.42. The second-order valence-electron chi connectivity index (χ2n) is 9.38. The highest BCUT2D eigenvalue weighted by Gasteiger charge is 2.55. The first kappa shape index (κ1) is 19.8. The molecule has 0 spiro atoms. The van der Waals surface area contributed by atoms with Gasteiger partial charge >= 0.3 is 5.97 Å². The van der Waals surface area contributed by atoms with Crippen LogP contribution in [0.1, 0.15) is 44.9 Å². The minimum absolute atomic E-state index is 0.0561. The molecule has 5 aliphatic rings. The number of nitrogens with zero attached hydrogens (tertiary/aromatic N) is 3. The van der Waals surface area contributed by atoms with E-state index in [4.69, 9.17) is 9.73 Å². The molecule has 0 radical (unpaired) electrons. The molecular weight excluding hydrogens is 402 g/mol. The third kappa shape index (κ3) is 3.49. The van der Waals surface area contributed by atoms with Crippen molar-refractivity contribution in [2.75, 3.05) is 13.7 Å². The van der Waals surface area contributed by atoms with Crippen LogP contribution < -0.4 is 0 Å². The number of nitro groups is 1. The molecule has 6 rings (SSSR count). The molecule has 4 bridgehead atoms. The number of thioether (sulfide) groups is 1. The molecule has 1 saturated heterocycles. The molecule has 0 N–H and O–H groups in total. The summed E-state index contributed by atoms with van der Waals surface area (Å²) in [6.07, 6.45) is 8.56. The number of methoxy groups -OCH3 is 1. The molecule has 1 atom stereocenters. The zero-order chi connectivity index (χ0) is 20.9. The summed E-state index contributed by atoms with van der Waals surface area (Å²) in [6.45, 7) is 0.810. The molecule has 5 fully saturated rings. The first-order chi connectivity index (χ1) is 14.5. The lowest BCUT2D eigenvalue weighted by molar-refractivity contribution is -0.384. The van der Waals surface area contributed by atoms with E-state index in [1.54, 1.807) is 12.1 Å². The summed E-state index contributed by atoms with van der Waals surface area (Å²) in [6, 6.07) is 6.34. The highest BCUT2D eigenvalue weighted by molar-refractivity contribution is 8.14. The van der Waals surface area contributed by atoms with E-state index in [9.17, 15) is 14.9 Å². The Morgan fingerprint density at radius 3 is 2.30 bits per heavy atom. The van der Waals surface area contributed by atoms with Crippen LogP contribution >= 0.6 is 11.8 Å². The number of carbonyl (C=O) groups excluding carboxylic acids is 1. The standard InChI is InChI=1S/C22H27N3O4S/c1-29-20(26)19-6-7-24(22-11-14-8-15(12-22)10-16(9-14)13-22)21(30-19)23-17-2-4-18(5-3-17)25(27)28/h2-5,14-16,19H,6-13H2,1H3. The fraction of sp³-hybridized carbons (Fsp3) is 0.636. The number of benzene rings is 1. The molecule has 7 nitrogen and oxygen atoms in total. The van der Waals surface area contributed by atoms with E-state index >= 15 is 0 Å². The average Bonchev–Trinajstić information content (AvgIpc) is 2.72. The Morgan fingerprint density at radius 1 is 1.17 bits per heavy atom. The second-order valence-corrected chi connectivity index (χ2v) is 10.5. The zero-order valence-corrected chi connectivity index (χ0v) is 18.0. The molecule has 0 aromatic heterocycles. The Hall–Kier alpha value is -2.09. The first-order valence-corrected chi connectivity index (χ1v) is 11.7. The van der Waals surface area contributed by atoms with Crippen molar-refractivity contribution in [3.05, 3.63) is 34.4 Å². The van der Waals surface area contributed by atoms with Crippen LogP contribution in [-0.2, 0) is 9.53 Å². The predicted octanol–water partition coefficient (Wildman–Crippen LogP) is 4.53. The van der Waals surface area contributed by atoms with Crippen LogP contribution in [0.3, 0.4) is 0 Å². The largest absolute Gasteiger partial charge is 0.468 e. The summed E-state index contributed by atoms with van der Waals surface area (Å²) >= 11 is 1.49. The van der Waals surface area contributed by atoms with E-state index in [0.717, 1.165) is 35.9 Å². The van der Waals surface area contributed by atoms with Gasteiger partial charge in [0.05, 0.1) is 17.7 Å². The Kier molecular flexibility index (Phi) is 5.00. The summed E-state index contributed by atoms with van der Waals surface area (Å²) in [5, 5.41) is 11.6. The highest BCUT2D eigenvalue weighted by atomic mass is 32.2. The van der Waals surface area contributed by atoms with Crippen molar-refractivity contribution in [3.63, 3.8) is 0 Å². The summed E-state index contributed by atoms with van der Waals surface area (Å²) in [5.41, 5.74) is 0.895. The van der Waals surface area contributed by atoms with Gasteiger partial charge in [-0.15, -0.1) is 0 Å². The number of ether oxygens (including phenoxy) is 1. The van der Waals surface area contributed by atoms with Crippen molar-refractivity contribution in [2.24, 2.45) is 22.7 Å². The Bertz CT molecular complexity index is 850. The molecule has 0 amide bonds. The smallest absolute Gasteiger partial charge is 0.319 e. The van der Waals surface area contributed by atoms with Gasteiger partial charge in [0.15, 0.2) is 5.17 Å². The van der Waals surface area contributed by atoms with E-state index in [0.29, 0.717) is 5.69 Å². The van der Waals surface area contributed by atoms with Gasteiger partial charge in [-0.25, -0.2) is 4.99 Å². The molecule has 30 heavy (non-hydrogen) atoms. The van der Waals surface area contributed by atoms with E-state index < -0.39 is 4.92 Å². The molecule has 1 aromatic rings. The average molecular weight is 430 g/mol. The van der Waals surface area contributed by atoms with E-state index in [2.05, 4.69) is 4.90 Å². The van der Waals surface area contributed by atoms with Gasteiger partial charge in [0.1, 0.15) is 5.25 Å². The zero-order valence-electron chi connectivity index (χ0n) is 17.2. The van der Waals surface area contributed by atoms with Crippen LogP contribution in [0.2, 0.25) is 0 Å². The molecule has 1 aromatic carbocycles. The fourth-order valence-electron chi connectivity index (χ4n) is 6.57. The number of aliphatic imine (C=N–C) groups is 1. The van der Waals surface area contributed by atoms with Crippen molar-refractivity contribution in [1.82, 2.24) is 4.90 Å². The van der Waals surface area contributed by atoms with Crippen molar-refractivity contribution in [2.45, 2.75) is 55.7 Å². The van der Waals surface area contributed by atoms with Crippen LogP contribution in [0.15, 0.2) is 29.3 Å². The lowest BCUT2D eigenvalue weighted by atomic mass is 9.52. The third-order valence-corrected chi connectivity index (χ3v) is 8.66. The lowest BCUT2D eigenvalue weighted by Gasteiger charge is -2.61.